The van der Waals surface area contributed by atoms with Crippen LogP contribution in [-0.4, -0.2) is 46.7 Å². The molecule has 2 aromatic heterocycles. The number of rotatable bonds is 4. The van der Waals surface area contributed by atoms with E-state index in [1.807, 2.05) is 11.0 Å². The summed E-state index contributed by atoms with van der Waals surface area (Å²) >= 11 is 0. The fraction of sp³-hybridized carbons (Fsp3) is 0.421. The van der Waals surface area contributed by atoms with Gasteiger partial charge in [-0.1, -0.05) is 18.2 Å². The molecule has 1 aliphatic rings. The van der Waals surface area contributed by atoms with Gasteiger partial charge in [-0.3, -0.25) is 4.79 Å². The maximum Gasteiger partial charge on any atom is 0.270 e. The number of aromatic nitrogens is 2. The predicted octanol–water partition coefficient (Wildman–Crippen LogP) is 3.02. The molecule has 0 radical (unpaired) electrons. The van der Waals surface area contributed by atoms with Gasteiger partial charge in [0.1, 0.15) is 5.69 Å². The molecule has 1 fully saturated rings. The number of hydrogen-bond donors (Lipinski definition) is 0. The molecule has 24 heavy (non-hydrogen) atoms. The van der Waals surface area contributed by atoms with Crippen molar-refractivity contribution in [3.05, 3.63) is 36.0 Å². The lowest BCUT2D eigenvalue weighted by atomic mass is 10.2. The van der Waals surface area contributed by atoms with Crippen molar-refractivity contribution in [2.75, 3.05) is 26.8 Å². The summed E-state index contributed by atoms with van der Waals surface area (Å²) in [6.45, 7) is 3.01. The highest BCUT2D eigenvalue weighted by atomic mass is 16.5. The number of para-hydroxylation sites is 1. The number of hydrogen-bond acceptors (Lipinski definition) is 2. The van der Waals surface area contributed by atoms with E-state index in [4.69, 9.17) is 4.74 Å². The average molecular weight is 325 g/mol. The summed E-state index contributed by atoms with van der Waals surface area (Å²) in [6, 6.07) is 10.4. The maximum absolute atomic E-state index is 13.0. The number of ether oxygens (including phenoxy) is 1. The minimum absolute atomic E-state index is 0.142. The third kappa shape index (κ3) is 2.23. The first-order valence-electron chi connectivity index (χ1n) is 8.57. The quantitative estimate of drug-likeness (QED) is 0.740. The van der Waals surface area contributed by atoms with Crippen LogP contribution in [0.3, 0.4) is 0 Å². The van der Waals surface area contributed by atoms with Gasteiger partial charge in [-0.2, -0.15) is 0 Å². The number of amides is 1. The topological polar surface area (TPSA) is 39.4 Å². The van der Waals surface area contributed by atoms with Gasteiger partial charge in [0.2, 0.25) is 0 Å². The zero-order chi connectivity index (χ0) is 16.7. The van der Waals surface area contributed by atoms with E-state index in [0.29, 0.717) is 13.2 Å². The normalized spacial score (nSPS) is 15.0. The second kappa shape index (κ2) is 5.98. The number of benzene rings is 1. The van der Waals surface area contributed by atoms with Crippen molar-refractivity contribution in [1.29, 1.82) is 0 Å². The van der Waals surface area contributed by atoms with E-state index in [9.17, 15) is 4.79 Å². The second-order valence-electron chi connectivity index (χ2n) is 6.48. The zero-order valence-electron chi connectivity index (χ0n) is 14.3. The molecule has 3 heterocycles. The lowest BCUT2D eigenvalue weighted by Gasteiger charge is -2.17. The first-order chi connectivity index (χ1) is 11.7. The fourth-order valence-corrected chi connectivity index (χ4v) is 3.84. The molecule has 126 valence electrons. The van der Waals surface area contributed by atoms with Crippen molar-refractivity contribution in [3.8, 4) is 0 Å². The first-order valence-corrected chi connectivity index (χ1v) is 8.57. The second-order valence-corrected chi connectivity index (χ2v) is 6.48. The maximum atomic E-state index is 13.0. The Labute approximate surface area is 141 Å². The third-order valence-electron chi connectivity index (χ3n) is 5.09. The molecule has 0 atom stereocenters. The Morgan fingerprint density at radius 2 is 1.92 bits per heavy atom. The van der Waals surface area contributed by atoms with Crippen LogP contribution in [0.25, 0.3) is 21.9 Å². The minimum atomic E-state index is 0.142. The van der Waals surface area contributed by atoms with Crippen LogP contribution in [0.5, 0.6) is 0 Å². The summed E-state index contributed by atoms with van der Waals surface area (Å²) < 4.78 is 9.61. The molecular formula is C19H23N3O2. The van der Waals surface area contributed by atoms with Gasteiger partial charge in [0, 0.05) is 39.2 Å². The van der Waals surface area contributed by atoms with Crippen molar-refractivity contribution in [2.45, 2.75) is 19.4 Å². The van der Waals surface area contributed by atoms with Crippen molar-refractivity contribution in [3.63, 3.8) is 0 Å². The highest BCUT2D eigenvalue weighted by molar-refractivity contribution is 6.10. The molecule has 1 amide bonds. The highest BCUT2D eigenvalue weighted by Gasteiger charge is 2.25. The molecule has 0 spiro atoms. The van der Waals surface area contributed by atoms with Crippen molar-refractivity contribution in [1.82, 2.24) is 14.0 Å². The molecule has 1 aliphatic heterocycles. The van der Waals surface area contributed by atoms with Gasteiger partial charge in [0.15, 0.2) is 0 Å². The smallest absolute Gasteiger partial charge is 0.270 e. The summed E-state index contributed by atoms with van der Waals surface area (Å²) in [7, 11) is 3.77. The van der Waals surface area contributed by atoms with E-state index in [2.05, 4.69) is 40.4 Å². The highest BCUT2D eigenvalue weighted by Crippen LogP contribution is 2.31. The number of carbonyl (C=O) groups excluding carboxylic acids is 1. The van der Waals surface area contributed by atoms with Crippen molar-refractivity contribution in [2.24, 2.45) is 7.05 Å². The Morgan fingerprint density at radius 3 is 2.67 bits per heavy atom. The van der Waals surface area contributed by atoms with Crippen LogP contribution in [0.2, 0.25) is 0 Å². The van der Waals surface area contributed by atoms with Crippen LogP contribution in [-0.2, 0) is 18.3 Å². The number of methoxy groups -OCH3 is 1. The van der Waals surface area contributed by atoms with Gasteiger partial charge < -0.3 is 18.8 Å². The number of fused-ring (bicyclic) bond motifs is 3. The summed E-state index contributed by atoms with van der Waals surface area (Å²) in [5.41, 5.74) is 4.21. The standard InChI is InChI=1S/C19H23N3O2/c1-20-15-8-4-3-7-14(15)18-16(20)13-17(22(18)11-12-24-2)19(23)21-9-5-6-10-21/h3-4,7-8,13H,5-6,9-12H2,1-2H3. The van der Waals surface area contributed by atoms with Gasteiger partial charge in [0.25, 0.3) is 5.91 Å². The Balaban J connectivity index is 1.92. The van der Waals surface area contributed by atoms with Crippen LogP contribution in [0.15, 0.2) is 30.3 Å². The van der Waals surface area contributed by atoms with E-state index >= 15 is 0 Å². The van der Waals surface area contributed by atoms with Gasteiger partial charge in [-0.15, -0.1) is 0 Å². The van der Waals surface area contributed by atoms with E-state index in [0.717, 1.165) is 42.7 Å². The molecule has 5 heteroatoms. The van der Waals surface area contributed by atoms with Crippen LogP contribution in [0.4, 0.5) is 0 Å². The molecule has 3 aromatic rings. The Hall–Kier alpha value is -2.27. The average Bonchev–Trinajstić information content (AvgIpc) is 3.31. The minimum Gasteiger partial charge on any atom is -0.383 e. The number of likely N-dealkylation sites (tertiary alicyclic amines) is 1. The Kier molecular flexibility index (Phi) is 3.81. The molecule has 0 aliphatic carbocycles. The fourth-order valence-electron chi connectivity index (χ4n) is 3.84. The van der Waals surface area contributed by atoms with Gasteiger partial charge >= 0.3 is 0 Å². The van der Waals surface area contributed by atoms with Crippen LogP contribution >= 0.6 is 0 Å². The van der Waals surface area contributed by atoms with E-state index in [-0.39, 0.29) is 5.91 Å². The summed E-state index contributed by atoms with van der Waals surface area (Å²) in [4.78, 5) is 15.0. The zero-order valence-corrected chi connectivity index (χ0v) is 14.3. The largest absolute Gasteiger partial charge is 0.383 e. The molecule has 1 saturated heterocycles. The van der Waals surface area contributed by atoms with Crippen LogP contribution < -0.4 is 0 Å². The van der Waals surface area contributed by atoms with Gasteiger partial charge in [-0.05, 0) is 25.0 Å². The number of carbonyl (C=O) groups is 1. The number of nitrogens with zero attached hydrogens (tertiary/aromatic N) is 3. The Bertz CT molecular complexity index is 900. The molecule has 0 unspecified atom stereocenters. The number of aryl methyl sites for hydroxylation is 1. The molecule has 0 saturated carbocycles. The summed E-state index contributed by atoms with van der Waals surface area (Å²) in [5, 5.41) is 1.19. The predicted molar refractivity (Wildman–Crippen MR) is 95.4 cm³/mol. The van der Waals surface area contributed by atoms with Crippen molar-refractivity contribution >= 4 is 27.8 Å². The Morgan fingerprint density at radius 1 is 1.17 bits per heavy atom. The molecule has 0 N–H and O–H groups in total. The van der Waals surface area contributed by atoms with Crippen LogP contribution in [0, 0.1) is 0 Å². The summed E-state index contributed by atoms with van der Waals surface area (Å²) in [5.74, 6) is 0.142. The monoisotopic (exact) mass is 325 g/mol. The van der Waals surface area contributed by atoms with E-state index in [1.54, 1.807) is 7.11 Å². The lowest BCUT2D eigenvalue weighted by Crippen LogP contribution is -2.30. The van der Waals surface area contributed by atoms with Crippen molar-refractivity contribution < 1.29 is 9.53 Å². The summed E-state index contributed by atoms with van der Waals surface area (Å²) in [6.07, 6.45) is 2.21. The molecule has 5 nitrogen and oxygen atoms in total. The molecule has 4 rings (SSSR count). The van der Waals surface area contributed by atoms with Gasteiger partial charge in [-0.25, -0.2) is 0 Å². The van der Waals surface area contributed by atoms with Crippen LogP contribution in [0.1, 0.15) is 23.3 Å². The first kappa shape index (κ1) is 15.3. The molecule has 1 aromatic carbocycles. The molecular weight excluding hydrogens is 302 g/mol. The lowest BCUT2D eigenvalue weighted by molar-refractivity contribution is 0.0780. The van der Waals surface area contributed by atoms with E-state index < -0.39 is 0 Å². The van der Waals surface area contributed by atoms with E-state index in [1.165, 1.54) is 10.9 Å². The van der Waals surface area contributed by atoms with Gasteiger partial charge in [0.05, 0.1) is 23.2 Å². The molecule has 0 bridgehead atoms. The SMILES string of the molecule is COCCn1c(C(=O)N2CCCC2)cc2c1c1ccccc1n2C. The third-order valence-corrected chi connectivity index (χ3v) is 5.09.